The van der Waals surface area contributed by atoms with Crippen LogP contribution in [0.3, 0.4) is 0 Å². The first-order chi connectivity index (χ1) is 8.18. The Morgan fingerprint density at radius 2 is 1.67 bits per heavy atom. The van der Waals surface area contributed by atoms with Crippen LogP contribution in [-0.4, -0.2) is 74.7 Å². The number of rotatable bonds is 6. The van der Waals surface area contributed by atoms with E-state index in [0.29, 0.717) is 32.8 Å². The summed E-state index contributed by atoms with van der Waals surface area (Å²) < 4.78 is 66.1. The van der Waals surface area contributed by atoms with E-state index < -0.39 is 31.2 Å². The SMILES string of the molecule is O=S(=O)(O)CC(CCN1CCOCC1)S(=O)(=O)O. The average Bonchev–Trinajstić information content (AvgIpc) is 2.22. The molecule has 0 aromatic carbocycles. The molecule has 8 nitrogen and oxygen atoms in total. The maximum absolute atomic E-state index is 11.0. The van der Waals surface area contributed by atoms with Gasteiger partial charge in [0.05, 0.1) is 19.0 Å². The zero-order valence-corrected chi connectivity index (χ0v) is 11.4. The molecular formula is C8H17NO7S2. The third-order valence-corrected chi connectivity index (χ3v) is 4.97. The standard InChI is InChI=1S/C8H17NO7S2/c10-17(11,12)7-8(18(13,14)15)1-2-9-3-5-16-6-4-9/h8H,1-7H2,(H,10,11,12)(H,13,14,15). The number of hydrogen-bond acceptors (Lipinski definition) is 6. The van der Waals surface area contributed by atoms with Crippen molar-refractivity contribution < 1.29 is 30.7 Å². The molecule has 18 heavy (non-hydrogen) atoms. The normalized spacial score (nSPS) is 20.8. The highest BCUT2D eigenvalue weighted by molar-refractivity contribution is 7.90. The number of hydrogen-bond donors (Lipinski definition) is 2. The molecule has 2 N–H and O–H groups in total. The lowest BCUT2D eigenvalue weighted by molar-refractivity contribution is 0.0374. The van der Waals surface area contributed by atoms with Crippen molar-refractivity contribution in [2.24, 2.45) is 0 Å². The van der Waals surface area contributed by atoms with Crippen molar-refractivity contribution in [2.45, 2.75) is 11.7 Å². The number of ether oxygens (including phenoxy) is 1. The Labute approximate surface area is 106 Å². The van der Waals surface area contributed by atoms with Crippen LogP contribution in [0.15, 0.2) is 0 Å². The topological polar surface area (TPSA) is 121 Å². The van der Waals surface area contributed by atoms with Crippen molar-refractivity contribution in [1.82, 2.24) is 4.90 Å². The first-order valence-electron chi connectivity index (χ1n) is 5.40. The molecule has 108 valence electrons. The minimum absolute atomic E-state index is 0.0569. The summed E-state index contributed by atoms with van der Waals surface area (Å²) in [6, 6.07) is 0. The lowest BCUT2D eigenvalue weighted by atomic mass is 10.3. The van der Waals surface area contributed by atoms with Gasteiger partial charge in [-0.25, -0.2) is 0 Å². The van der Waals surface area contributed by atoms with E-state index in [2.05, 4.69) is 0 Å². The fourth-order valence-corrected chi connectivity index (χ4v) is 3.95. The molecular weight excluding hydrogens is 286 g/mol. The van der Waals surface area contributed by atoms with Crippen molar-refractivity contribution in [1.29, 1.82) is 0 Å². The lowest BCUT2D eigenvalue weighted by Gasteiger charge is -2.27. The summed E-state index contributed by atoms with van der Waals surface area (Å²) in [5.74, 6) is -0.990. The van der Waals surface area contributed by atoms with Crippen molar-refractivity contribution in [2.75, 3.05) is 38.6 Å². The molecule has 0 aromatic rings. The largest absolute Gasteiger partial charge is 0.379 e. The van der Waals surface area contributed by atoms with Crippen LogP contribution in [0.2, 0.25) is 0 Å². The van der Waals surface area contributed by atoms with Gasteiger partial charge in [-0.2, -0.15) is 16.8 Å². The van der Waals surface area contributed by atoms with E-state index >= 15 is 0 Å². The van der Waals surface area contributed by atoms with Crippen LogP contribution in [0.25, 0.3) is 0 Å². The zero-order valence-electron chi connectivity index (χ0n) is 9.73. The molecule has 1 atom stereocenters. The van der Waals surface area contributed by atoms with Crippen LogP contribution in [0.4, 0.5) is 0 Å². The minimum Gasteiger partial charge on any atom is -0.379 e. The summed E-state index contributed by atoms with van der Waals surface area (Å²) in [4.78, 5) is 1.91. The van der Waals surface area contributed by atoms with Gasteiger partial charge in [0, 0.05) is 13.1 Å². The Morgan fingerprint density at radius 3 is 2.11 bits per heavy atom. The van der Waals surface area contributed by atoms with Gasteiger partial charge >= 0.3 is 0 Å². The summed E-state index contributed by atoms with van der Waals surface area (Å²) in [6.45, 7) is 2.65. The van der Waals surface area contributed by atoms with Crippen LogP contribution in [-0.2, 0) is 25.0 Å². The molecule has 0 aromatic heterocycles. The summed E-state index contributed by atoms with van der Waals surface area (Å²) in [5.41, 5.74) is 0. The first-order valence-corrected chi connectivity index (χ1v) is 8.51. The molecule has 10 heteroatoms. The Kier molecular flexibility index (Phi) is 5.49. The molecule has 0 radical (unpaired) electrons. The fourth-order valence-electron chi connectivity index (χ4n) is 1.70. The Balaban J connectivity index is 2.56. The van der Waals surface area contributed by atoms with E-state index in [1.165, 1.54) is 0 Å². The molecule has 1 rings (SSSR count). The van der Waals surface area contributed by atoms with Gasteiger partial charge in [0.1, 0.15) is 5.25 Å². The minimum atomic E-state index is -4.50. The molecule has 1 aliphatic heterocycles. The average molecular weight is 303 g/mol. The van der Waals surface area contributed by atoms with E-state index in [-0.39, 0.29) is 6.42 Å². The van der Waals surface area contributed by atoms with Gasteiger partial charge in [-0.3, -0.25) is 14.0 Å². The Bertz CT molecular complexity index is 452. The van der Waals surface area contributed by atoms with E-state index in [0.717, 1.165) is 0 Å². The predicted octanol–water partition coefficient (Wildman–Crippen LogP) is -1.15. The smallest absolute Gasteiger partial charge is 0.268 e. The van der Waals surface area contributed by atoms with Crippen molar-refractivity contribution in [3.8, 4) is 0 Å². The fraction of sp³-hybridized carbons (Fsp3) is 1.00. The summed E-state index contributed by atoms with van der Waals surface area (Å²) >= 11 is 0. The molecule has 0 bridgehead atoms. The highest BCUT2D eigenvalue weighted by Gasteiger charge is 2.28. The van der Waals surface area contributed by atoms with Crippen LogP contribution < -0.4 is 0 Å². The number of nitrogens with zero attached hydrogens (tertiary/aromatic N) is 1. The van der Waals surface area contributed by atoms with Crippen LogP contribution >= 0.6 is 0 Å². The molecule has 0 aliphatic carbocycles. The highest BCUT2D eigenvalue weighted by atomic mass is 32.2. The summed E-state index contributed by atoms with van der Waals surface area (Å²) in [7, 11) is -8.94. The van der Waals surface area contributed by atoms with E-state index in [4.69, 9.17) is 13.8 Å². The second-order valence-corrected chi connectivity index (χ2v) is 7.32. The second-order valence-electron chi connectivity index (χ2n) is 4.13. The lowest BCUT2D eigenvalue weighted by Crippen LogP contribution is -2.40. The monoisotopic (exact) mass is 303 g/mol. The van der Waals surface area contributed by atoms with Gasteiger partial charge < -0.3 is 4.74 Å². The van der Waals surface area contributed by atoms with Crippen LogP contribution in [0, 0.1) is 0 Å². The first kappa shape index (κ1) is 15.8. The maximum atomic E-state index is 11.0. The molecule has 0 amide bonds. The van der Waals surface area contributed by atoms with E-state index in [1.807, 2.05) is 4.90 Å². The molecule has 1 heterocycles. The second kappa shape index (κ2) is 6.26. The third-order valence-electron chi connectivity index (χ3n) is 2.69. The molecule has 1 fully saturated rings. The van der Waals surface area contributed by atoms with Gasteiger partial charge in [-0.15, -0.1) is 0 Å². The predicted molar refractivity (Wildman–Crippen MR) is 63.6 cm³/mol. The molecule has 0 saturated carbocycles. The summed E-state index contributed by atoms with van der Waals surface area (Å²) in [5, 5.41) is -1.50. The number of morpholine rings is 1. The summed E-state index contributed by atoms with van der Waals surface area (Å²) in [6.07, 6.45) is -0.0569. The highest BCUT2D eigenvalue weighted by Crippen LogP contribution is 2.09. The van der Waals surface area contributed by atoms with Gasteiger partial charge in [-0.05, 0) is 13.0 Å². The van der Waals surface area contributed by atoms with Gasteiger partial charge in [0.2, 0.25) is 0 Å². The van der Waals surface area contributed by atoms with E-state index in [9.17, 15) is 16.8 Å². The van der Waals surface area contributed by atoms with Crippen molar-refractivity contribution in [3.05, 3.63) is 0 Å². The van der Waals surface area contributed by atoms with E-state index in [1.54, 1.807) is 0 Å². The Morgan fingerprint density at radius 1 is 1.11 bits per heavy atom. The quantitative estimate of drug-likeness (QED) is 0.590. The van der Waals surface area contributed by atoms with Gasteiger partial charge in [0.25, 0.3) is 20.2 Å². The third kappa shape index (κ3) is 6.07. The van der Waals surface area contributed by atoms with Gasteiger partial charge in [0.15, 0.2) is 0 Å². The molecule has 1 saturated heterocycles. The Hall–Kier alpha value is -0.260. The van der Waals surface area contributed by atoms with Gasteiger partial charge in [-0.1, -0.05) is 0 Å². The maximum Gasteiger partial charge on any atom is 0.268 e. The van der Waals surface area contributed by atoms with Crippen LogP contribution in [0.5, 0.6) is 0 Å². The van der Waals surface area contributed by atoms with Crippen molar-refractivity contribution >= 4 is 20.2 Å². The molecule has 1 aliphatic rings. The van der Waals surface area contributed by atoms with Crippen molar-refractivity contribution in [3.63, 3.8) is 0 Å². The molecule has 1 unspecified atom stereocenters. The van der Waals surface area contributed by atoms with Crippen LogP contribution in [0.1, 0.15) is 6.42 Å². The zero-order chi connectivity index (χ0) is 13.8. The molecule has 0 spiro atoms.